The maximum Gasteiger partial charge on any atom is 0.0910 e. The SMILES string of the molecule is CC(C)C1CC(O)(c2ccsc2)C1. The van der Waals surface area contributed by atoms with Gasteiger partial charge in [0.1, 0.15) is 0 Å². The first-order valence-corrected chi connectivity index (χ1v) is 5.81. The summed E-state index contributed by atoms with van der Waals surface area (Å²) in [6, 6.07) is 2.04. The number of aliphatic hydroxyl groups is 1. The highest BCUT2D eigenvalue weighted by molar-refractivity contribution is 7.08. The Morgan fingerprint density at radius 2 is 2.23 bits per heavy atom. The normalized spacial score (nSPS) is 33.4. The van der Waals surface area contributed by atoms with E-state index in [1.165, 1.54) is 0 Å². The van der Waals surface area contributed by atoms with Crippen LogP contribution in [0.2, 0.25) is 0 Å². The van der Waals surface area contributed by atoms with Crippen molar-refractivity contribution in [3.8, 4) is 0 Å². The molecule has 0 bridgehead atoms. The van der Waals surface area contributed by atoms with Crippen LogP contribution < -0.4 is 0 Å². The smallest absolute Gasteiger partial charge is 0.0910 e. The lowest BCUT2D eigenvalue weighted by Crippen LogP contribution is -2.42. The molecule has 0 spiro atoms. The molecular weight excluding hydrogens is 180 g/mol. The highest BCUT2D eigenvalue weighted by Crippen LogP contribution is 2.48. The molecule has 2 rings (SSSR count). The van der Waals surface area contributed by atoms with E-state index in [1.807, 2.05) is 11.4 Å². The van der Waals surface area contributed by atoms with Crippen molar-refractivity contribution in [2.75, 3.05) is 0 Å². The summed E-state index contributed by atoms with van der Waals surface area (Å²) in [6.07, 6.45) is 1.89. The van der Waals surface area contributed by atoms with Gasteiger partial charge < -0.3 is 5.11 Å². The summed E-state index contributed by atoms with van der Waals surface area (Å²) in [4.78, 5) is 0. The molecule has 2 heteroatoms. The molecule has 13 heavy (non-hydrogen) atoms. The lowest BCUT2D eigenvalue weighted by atomic mass is 9.64. The predicted molar refractivity (Wildman–Crippen MR) is 55.8 cm³/mol. The zero-order valence-corrected chi connectivity index (χ0v) is 8.97. The largest absolute Gasteiger partial charge is 0.385 e. The minimum absolute atomic E-state index is 0.491. The molecule has 0 radical (unpaired) electrons. The van der Waals surface area contributed by atoms with Crippen molar-refractivity contribution in [3.63, 3.8) is 0 Å². The van der Waals surface area contributed by atoms with E-state index in [1.54, 1.807) is 11.3 Å². The first-order chi connectivity index (χ1) is 6.12. The van der Waals surface area contributed by atoms with E-state index in [9.17, 15) is 5.11 Å². The van der Waals surface area contributed by atoms with Crippen LogP contribution in [0.3, 0.4) is 0 Å². The van der Waals surface area contributed by atoms with E-state index in [4.69, 9.17) is 0 Å². The third-order valence-electron chi connectivity index (χ3n) is 3.20. The van der Waals surface area contributed by atoms with Crippen molar-refractivity contribution in [2.45, 2.75) is 32.3 Å². The maximum absolute atomic E-state index is 10.2. The number of rotatable bonds is 2. The van der Waals surface area contributed by atoms with Gasteiger partial charge >= 0.3 is 0 Å². The molecule has 0 aliphatic heterocycles. The Labute approximate surface area is 83.4 Å². The molecule has 1 aromatic rings. The van der Waals surface area contributed by atoms with Gasteiger partial charge in [-0.1, -0.05) is 13.8 Å². The monoisotopic (exact) mass is 196 g/mol. The molecule has 1 aromatic heterocycles. The highest BCUT2D eigenvalue weighted by Gasteiger charge is 2.44. The zero-order chi connectivity index (χ0) is 9.47. The van der Waals surface area contributed by atoms with Crippen molar-refractivity contribution >= 4 is 11.3 Å². The fraction of sp³-hybridized carbons (Fsp3) is 0.636. The first-order valence-electron chi connectivity index (χ1n) is 4.87. The minimum atomic E-state index is -0.491. The molecule has 1 nitrogen and oxygen atoms in total. The summed E-state index contributed by atoms with van der Waals surface area (Å²) in [5.41, 5.74) is 0.629. The van der Waals surface area contributed by atoms with Crippen molar-refractivity contribution in [3.05, 3.63) is 22.4 Å². The fourth-order valence-corrected chi connectivity index (χ4v) is 2.79. The van der Waals surface area contributed by atoms with Gasteiger partial charge in [-0.25, -0.2) is 0 Å². The van der Waals surface area contributed by atoms with Crippen LogP contribution >= 0.6 is 11.3 Å². The van der Waals surface area contributed by atoms with Crippen LogP contribution in [0.4, 0.5) is 0 Å². The molecule has 72 valence electrons. The van der Waals surface area contributed by atoms with Gasteiger partial charge in [-0.2, -0.15) is 11.3 Å². The topological polar surface area (TPSA) is 20.2 Å². The van der Waals surface area contributed by atoms with Crippen molar-refractivity contribution in [2.24, 2.45) is 11.8 Å². The molecule has 0 aromatic carbocycles. The molecule has 1 fully saturated rings. The molecule has 0 saturated heterocycles. The Hall–Kier alpha value is -0.340. The second-order valence-electron chi connectivity index (χ2n) is 4.46. The molecule has 0 atom stereocenters. The fourth-order valence-electron chi connectivity index (χ4n) is 2.04. The summed E-state index contributed by atoms with van der Waals surface area (Å²) in [6.45, 7) is 4.47. The Bertz CT molecular complexity index is 270. The van der Waals surface area contributed by atoms with Crippen LogP contribution in [0, 0.1) is 11.8 Å². The van der Waals surface area contributed by atoms with Crippen LogP contribution in [0.15, 0.2) is 16.8 Å². The predicted octanol–water partition coefficient (Wildman–Crippen LogP) is 3.00. The van der Waals surface area contributed by atoms with Gasteiger partial charge in [-0.3, -0.25) is 0 Å². The summed E-state index contributed by atoms with van der Waals surface area (Å²) in [7, 11) is 0. The second kappa shape index (κ2) is 3.10. The second-order valence-corrected chi connectivity index (χ2v) is 5.24. The quantitative estimate of drug-likeness (QED) is 0.771. The van der Waals surface area contributed by atoms with E-state index in [0.29, 0.717) is 11.8 Å². The van der Waals surface area contributed by atoms with Gasteiger partial charge in [0.05, 0.1) is 5.60 Å². The van der Waals surface area contributed by atoms with Crippen LogP contribution in [0.5, 0.6) is 0 Å². The van der Waals surface area contributed by atoms with Gasteiger partial charge in [-0.05, 0) is 47.1 Å². The Balaban J connectivity index is 2.04. The average molecular weight is 196 g/mol. The Morgan fingerprint density at radius 1 is 1.54 bits per heavy atom. The average Bonchev–Trinajstić information content (AvgIpc) is 2.49. The molecule has 1 heterocycles. The molecule has 1 N–H and O–H groups in total. The van der Waals surface area contributed by atoms with Crippen molar-refractivity contribution in [1.29, 1.82) is 0 Å². The van der Waals surface area contributed by atoms with Gasteiger partial charge in [0.15, 0.2) is 0 Å². The first kappa shape index (κ1) is 9.22. The van der Waals surface area contributed by atoms with Crippen molar-refractivity contribution < 1.29 is 5.11 Å². The van der Waals surface area contributed by atoms with E-state index in [2.05, 4.69) is 19.2 Å². The van der Waals surface area contributed by atoms with Gasteiger partial charge in [0.2, 0.25) is 0 Å². The summed E-state index contributed by atoms with van der Waals surface area (Å²) >= 11 is 1.67. The van der Waals surface area contributed by atoms with Gasteiger partial charge in [0, 0.05) is 0 Å². The third-order valence-corrected chi connectivity index (χ3v) is 3.88. The number of hydrogen-bond donors (Lipinski definition) is 1. The number of thiophene rings is 1. The van der Waals surface area contributed by atoms with Crippen molar-refractivity contribution in [1.82, 2.24) is 0 Å². The molecule has 0 amide bonds. The summed E-state index contributed by atoms with van der Waals surface area (Å²) in [5, 5.41) is 14.3. The van der Waals surface area contributed by atoms with Crippen LogP contribution in [0.25, 0.3) is 0 Å². The van der Waals surface area contributed by atoms with Crippen LogP contribution in [-0.2, 0) is 5.60 Å². The molecule has 1 saturated carbocycles. The lowest BCUT2D eigenvalue weighted by molar-refractivity contribution is -0.0930. The standard InChI is InChI=1S/C11H16OS/c1-8(2)9-5-11(12,6-9)10-3-4-13-7-10/h3-4,7-9,12H,5-6H2,1-2H3. The van der Waals surface area contributed by atoms with Gasteiger partial charge in [0.25, 0.3) is 0 Å². The van der Waals surface area contributed by atoms with E-state index in [0.717, 1.165) is 18.4 Å². The Morgan fingerprint density at radius 3 is 2.69 bits per heavy atom. The minimum Gasteiger partial charge on any atom is -0.385 e. The molecule has 1 aliphatic carbocycles. The van der Waals surface area contributed by atoms with E-state index < -0.39 is 5.60 Å². The summed E-state index contributed by atoms with van der Waals surface area (Å²) in [5.74, 6) is 1.42. The van der Waals surface area contributed by atoms with Crippen LogP contribution in [-0.4, -0.2) is 5.11 Å². The Kier molecular flexibility index (Phi) is 2.20. The van der Waals surface area contributed by atoms with Crippen LogP contribution in [0.1, 0.15) is 32.3 Å². The van der Waals surface area contributed by atoms with Gasteiger partial charge in [-0.15, -0.1) is 0 Å². The lowest BCUT2D eigenvalue weighted by Gasteiger charge is -2.45. The summed E-state index contributed by atoms with van der Waals surface area (Å²) < 4.78 is 0. The molecule has 1 aliphatic rings. The highest BCUT2D eigenvalue weighted by atomic mass is 32.1. The molecule has 0 unspecified atom stereocenters. The maximum atomic E-state index is 10.2. The van der Waals surface area contributed by atoms with E-state index in [-0.39, 0.29) is 0 Å². The zero-order valence-electron chi connectivity index (χ0n) is 8.16. The van der Waals surface area contributed by atoms with E-state index >= 15 is 0 Å². The number of hydrogen-bond acceptors (Lipinski definition) is 2. The third kappa shape index (κ3) is 1.53. The molecular formula is C11H16OS.